The third-order valence-electron chi connectivity index (χ3n) is 0.896. The van der Waals surface area contributed by atoms with Gasteiger partial charge in [0.25, 0.3) is 0 Å². The van der Waals surface area contributed by atoms with Crippen LogP contribution in [0.4, 0.5) is 0 Å². The molecule has 0 aliphatic carbocycles. The number of hydrogen-bond acceptors (Lipinski definition) is 4. The van der Waals surface area contributed by atoms with Crippen LogP contribution in [0.2, 0.25) is 0 Å². The second-order valence-electron chi connectivity index (χ2n) is 1.80. The number of nitrogens with one attached hydrogen (secondary N) is 1. The monoisotopic (exact) mass is 163 g/mol. The molecule has 5 N–H and O–H groups in total. The highest BCUT2D eigenvalue weighted by Crippen LogP contribution is 1.75. The van der Waals surface area contributed by atoms with Gasteiger partial charge in [-0.3, -0.25) is 0 Å². The van der Waals surface area contributed by atoms with Crippen LogP contribution in [0.15, 0.2) is 0 Å². The van der Waals surface area contributed by atoms with Crippen molar-refractivity contribution in [3.63, 3.8) is 0 Å². The van der Waals surface area contributed by atoms with E-state index in [4.69, 9.17) is 20.9 Å². The van der Waals surface area contributed by atoms with E-state index in [-0.39, 0.29) is 6.15 Å². The molecule has 0 rings (SSSR count). The molecular weight excluding hydrogens is 146 g/mol. The molecular formula is C6H17N3O2. The molecule has 0 aliphatic rings. The maximum absolute atomic E-state index is 5.18. The molecule has 0 atom stereocenters. The van der Waals surface area contributed by atoms with Crippen LogP contribution in [0.5, 0.6) is 0 Å². The fourth-order valence-electron chi connectivity index (χ4n) is 0.489. The molecule has 0 amide bonds. The van der Waals surface area contributed by atoms with Gasteiger partial charge in [0.2, 0.25) is 0 Å². The van der Waals surface area contributed by atoms with Crippen LogP contribution in [0, 0.1) is 0 Å². The number of rotatable bonds is 7. The number of nitrogens with two attached hydrogens (primary N) is 2. The predicted octanol–water partition coefficient (Wildman–Crippen LogP) is -1.33. The zero-order chi connectivity index (χ0) is 7.66. The summed E-state index contributed by atoms with van der Waals surface area (Å²) >= 11 is 0. The summed E-state index contributed by atoms with van der Waals surface area (Å²) in [5.41, 5.74) is 10.4. The van der Waals surface area contributed by atoms with Crippen LogP contribution in [0.1, 0.15) is 0 Å². The fourth-order valence-corrected chi connectivity index (χ4v) is 0.489. The minimum Gasteiger partial charge on any atom is -0.378 e. The van der Waals surface area contributed by atoms with E-state index in [9.17, 15) is 0 Å². The van der Waals surface area contributed by atoms with Crippen molar-refractivity contribution in [1.82, 2.24) is 6.15 Å². The zero-order valence-corrected chi connectivity index (χ0v) is 6.71. The predicted molar refractivity (Wildman–Crippen MR) is 42.8 cm³/mol. The summed E-state index contributed by atoms with van der Waals surface area (Å²) < 4.78 is 10.1. The molecule has 0 bridgehead atoms. The third kappa shape index (κ3) is 12.9. The van der Waals surface area contributed by atoms with E-state index in [0.29, 0.717) is 39.5 Å². The van der Waals surface area contributed by atoms with Crippen LogP contribution in [0.3, 0.4) is 0 Å². The van der Waals surface area contributed by atoms with Crippen molar-refractivity contribution in [2.45, 2.75) is 0 Å². The van der Waals surface area contributed by atoms with E-state index < -0.39 is 0 Å². The lowest BCUT2D eigenvalue weighted by Crippen LogP contribution is -2.14. The van der Waals surface area contributed by atoms with E-state index in [2.05, 4.69) is 0 Å². The Labute approximate surface area is 67.6 Å². The average Bonchev–Trinajstić information content (AvgIpc) is 1.97. The van der Waals surface area contributed by atoms with Gasteiger partial charge in [-0.1, -0.05) is 0 Å². The highest BCUT2D eigenvalue weighted by atomic mass is 16.5. The molecule has 0 saturated heterocycles. The lowest BCUT2D eigenvalue weighted by atomic mass is 10.7. The number of hydrogen-bond donors (Lipinski definition) is 2. The first kappa shape index (κ1) is 13.4. The lowest BCUT2D eigenvalue weighted by molar-refractivity contribution is 0.0538. The number of ether oxygens (including phenoxy) is 2. The van der Waals surface area contributed by atoms with Crippen molar-refractivity contribution in [3.8, 4) is 0 Å². The van der Waals surface area contributed by atoms with Crippen molar-refractivity contribution in [2.75, 3.05) is 39.5 Å². The molecule has 0 spiro atoms. The Morgan fingerprint density at radius 3 is 1.36 bits per heavy atom. The maximum Gasteiger partial charge on any atom is 0.0701 e. The van der Waals surface area contributed by atoms with Gasteiger partial charge in [0.15, 0.2) is 0 Å². The zero-order valence-electron chi connectivity index (χ0n) is 6.71. The van der Waals surface area contributed by atoms with Gasteiger partial charge in [-0.2, -0.15) is 6.15 Å². The van der Waals surface area contributed by atoms with Gasteiger partial charge in [-0.25, -0.2) is 0 Å². The van der Waals surface area contributed by atoms with Crippen LogP contribution in [-0.2, 0) is 9.47 Å². The van der Waals surface area contributed by atoms with Crippen LogP contribution >= 0.6 is 0 Å². The highest BCUT2D eigenvalue weighted by Gasteiger charge is 1.85. The molecule has 5 heteroatoms. The average molecular weight is 163 g/mol. The van der Waals surface area contributed by atoms with E-state index in [1.165, 1.54) is 0 Å². The molecule has 0 saturated carbocycles. The standard InChI is InChI=1S/C6H16N2O2.HN/c7-1-3-9-5-6-10-4-2-8;/h1-8H2;1H. The van der Waals surface area contributed by atoms with Gasteiger partial charge in [0.1, 0.15) is 0 Å². The normalized spacial score (nSPS) is 9.27. The van der Waals surface area contributed by atoms with Gasteiger partial charge < -0.3 is 20.9 Å². The summed E-state index contributed by atoms with van der Waals surface area (Å²) in [4.78, 5) is 0. The molecule has 5 nitrogen and oxygen atoms in total. The van der Waals surface area contributed by atoms with Gasteiger partial charge in [0, 0.05) is 13.1 Å². The Balaban J connectivity index is 0. The van der Waals surface area contributed by atoms with Crippen LogP contribution in [0.25, 0.3) is 0 Å². The smallest absolute Gasteiger partial charge is 0.0701 e. The maximum atomic E-state index is 5.18. The van der Waals surface area contributed by atoms with Gasteiger partial charge >= 0.3 is 0 Å². The van der Waals surface area contributed by atoms with Crippen LogP contribution < -0.4 is 17.6 Å². The van der Waals surface area contributed by atoms with Crippen molar-refractivity contribution in [3.05, 3.63) is 0 Å². The molecule has 0 aromatic rings. The summed E-state index contributed by atoms with van der Waals surface area (Å²) in [5.74, 6) is 0. The van der Waals surface area contributed by atoms with Crippen molar-refractivity contribution >= 4 is 0 Å². The molecule has 0 fully saturated rings. The van der Waals surface area contributed by atoms with Crippen molar-refractivity contribution in [1.29, 1.82) is 0 Å². The van der Waals surface area contributed by atoms with Crippen LogP contribution in [-0.4, -0.2) is 39.5 Å². The van der Waals surface area contributed by atoms with Gasteiger partial charge in [-0.15, -0.1) is 0 Å². The molecule has 0 aliphatic heterocycles. The first-order valence-electron chi connectivity index (χ1n) is 3.47. The summed E-state index contributed by atoms with van der Waals surface area (Å²) in [6.07, 6.45) is 0. The molecule has 0 aromatic carbocycles. The fraction of sp³-hybridized carbons (Fsp3) is 1.00. The molecule has 0 heterocycles. The minimum atomic E-state index is 0. The lowest BCUT2D eigenvalue weighted by Gasteiger charge is -2.02. The Hall–Kier alpha value is -0.200. The summed E-state index contributed by atoms with van der Waals surface area (Å²) in [7, 11) is 0. The Morgan fingerprint density at radius 2 is 1.09 bits per heavy atom. The molecule has 0 unspecified atom stereocenters. The topological polar surface area (TPSA) is 102 Å². The Bertz CT molecular complexity index is 55.8. The molecule has 0 aromatic heterocycles. The van der Waals surface area contributed by atoms with Crippen molar-refractivity contribution in [2.24, 2.45) is 11.5 Å². The second-order valence-corrected chi connectivity index (χ2v) is 1.80. The Morgan fingerprint density at radius 1 is 0.727 bits per heavy atom. The second kappa shape index (κ2) is 12.5. The molecule has 68 valence electrons. The summed E-state index contributed by atoms with van der Waals surface area (Å²) in [5, 5.41) is 0. The Kier molecular flexibility index (Phi) is 15.2. The van der Waals surface area contributed by atoms with E-state index >= 15 is 0 Å². The van der Waals surface area contributed by atoms with Gasteiger partial charge in [-0.05, 0) is 0 Å². The minimum absolute atomic E-state index is 0. The first-order valence-corrected chi connectivity index (χ1v) is 3.47. The SMILES string of the molecule is NCCOCCOCCN.[NH]. The summed E-state index contributed by atoms with van der Waals surface area (Å²) in [6.45, 7) is 3.56. The quantitative estimate of drug-likeness (QED) is 0.454. The highest BCUT2D eigenvalue weighted by molar-refractivity contribution is 4.34. The van der Waals surface area contributed by atoms with E-state index in [1.807, 2.05) is 0 Å². The van der Waals surface area contributed by atoms with E-state index in [0.717, 1.165) is 0 Å². The third-order valence-corrected chi connectivity index (χ3v) is 0.896. The molecule has 11 heavy (non-hydrogen) atoms. The summed E-state index contributed by atoms with van der Waals surface area (Å²) in [6, 6.07) is 0. The van der Waals surface area contributed by atoms with E-state index in [1.54, 1.807) is 0 Å². The first-order chi connectivity index (χ1) is 4.91. The van der Waals surface area contributed by atoms with Gasteiger partial charge in [0.05, 0.1) is 26.4 Å². The molecule has 2 radical (unpaired) electrons. The van der Waals surface area contributed by atoms with Crippen molar-refractivity contribution < 1.29 is 9.47 Å². The largest absolute Gasteiger partial charge is 0.378 e.